The number of hydrogen-bond acceptors (Lipinski definition) is 5. The minimum Gasteiger partial charge on any atom is -0.492 e. The Labute approximate surface area is 125 Å². The molecule has 2 atom stereocenters. The summed E-state index contributed by atoms with van der Waals surface area (Å²) in [4.78, 5) is 13.8. The van der Waals surface area contributed by atoms with E-state index < -0.39 is 0 Å². The van der Waals surface area contributed by atoms with E-state index in [0.717, 1.165) is 19.6 Å². The van der Waals surface area contributed by atoms with Crippen LogP contribution in [-0.2, 0) is 4.74 Å². The Balaban J connectivity index is 1.82. The molecule has 2 rings (SSSR count). The molecule has 0 saturated carbocycles. The summed E-state index contributed by atoms with van der Waals surface area (Å²) >= 11 is 0. The fraction of sp³-hybridized carbons (Fsp3) is 0.533. The van der Waals surface area contributed by atoms with E-state index >= 15 is 0 Å². The number of ether oxygens (including phenoxy) is 2. The summed E-state index contributed by atoms with van der Waals surface area (Å²) < 4.78 is 11.4. The van der Waals surface area contributed by atoms with Crippen LogP contribution in [0.25, 0.3) is 0 Å². The summed E-state index contributed by atoms with van der Waals surface area (Å²) in [6.45, 7) is 7.42. The lowest BCUT2D eigenvalue weighted by Gasteiger charge is -2.35. The number of nitrogens with one attached hydrogen (secondary N) is 1. The quantitative estimate of drug-likeness (QED) is 0.476. The summed E-state index contributed by atoms with van der Waals surface area (Å²) in [5.41, 5.74) is 2.60. The van der Waals surface area contributed by atoms with Gasteiger partial charge in [0.05, 0.1) is 12.2 Å². The zero-order chi connectivity index (χ0) is 15.2. The topological polar surface area (TPSA) is 76.8 Å². The highest BCUT2D eigenvalue weighted by Gasteiger charge is 2.21. The summed E-state index contributed by atoms with van der Waals surface area (Å²) in [6.07, 6.45) is 0.510. The molecule has 21 heavy (non-hydrogen) atoms. The minimum absolute atomic E-state index is 0.255. The molecule has 1 amide bonds. The lowest BCUT2D eigenvalue weighted by Crippen LogP contribution is -2.46. The van der Waals surface area contributed by atoms with Gasteiger partial charge in [-0.1, -0.05) is 6.07 Å². The Morgan fingerprint density at radius 3 is 2.81 bits per heavy atom. The molecule has 0 aromatic heterocycles. The number of amides is 1. The highest BCUT2D eigenvalue weighted by Crippen LogP contribution is 2.14. The van der Waals surface area contributed by atoms with E-state index in [-0.39, 0.29) is 18.1 Å². The molecular weight excluding hydrogens is 270 g/mol. The molecule has 1 aliphatic rings. The molecule has 6 heteroatoms. The van der Waals surface area contributed by atoms with Crippen LogP contribution in [0.2, 0.25) is 0 Å². The number of rotatable bonds is 5. The van der Waals surface area contributed by atoms with Crippen LogP contribution in [0.4, 0.5) is 0 Å². The van der Waals surface area contributed by atoms with Crippen LogP contribution in [0, 0.1) is 0 Å². The first-order valence-corrected chi connectivity index (χ1v) is 7.20. The van der Waals surface area contributed by atoms with Gasteiger partial charge in [-0.2, -0.15) is 0 Å². The Bertz CT molecular complexity index is 471. The molecule has 1 aromatic carbocycles. The molecule has 116 valence electrons. The van der Waals surface area contributed by atoms with E-state index in [0.29, 0.717) is 17.9 Å². The predicted octanol–water partition coefficient (Wildman–Crippen LogP) is 0.778. The molecule has 1 aliphatic heterocycles. The second kappa shape index (κ2) is 7.40. The summed E-state index contributed by atoms with van der Waals surface area (Å²) in [7, 11) is 0. The summed E-state index contributed by atoms with van der Waals surface area (Å²) in [5, 5.41) is 0. The van der Waals surface area contributed by atoms with Crippen molar-refractivity contribution in [3.63, 3.8) is 0 Å². The maximum Gasteiger partial charge on any atom is 0.265 e. The fourth-order valence-corrected chi connectivity index (χ4v) is 2.57. The van der Waals surface area contributed by atoms with Gasteiger partial charge in [-0.25, -0.2) is 5.84 Å². The SMILES string of the molecule is C[C@@H]1CN(CCOc2cccc(C(=O)NN)c2)C[C@H](C)O1. The van der Waals surface area contributed by atoms with Crippen LogP contribution in [0.1, 0.15) is 24.2 Å². The molecule has 6 nitrogen and oxygen atoms in total. The van der Waals surface area contributed by atoms with Gasteiger partial charge < -0.3 is 9.47 Å². The first-order valence-electron chi connectivity index (χ1n) is 7.20. The number of morpholine rings is 1. The van der Waals surface area contributed by atoms with Crippen LogP contribution in [0.15, 0.2) is 24.3 Å². The first-order chi connectivity index (χ1) is 10.1. The zero-order valence-electron chi connectivity index (χ0n) is 12.5. The van der Waals surface area contributed by atoms with Crippen molar-refractivity contribution in [3.8, 4) is 5.75 Å². The van der Waals surface area contributed by atoms with Crippen molar-refractivity contribution in [2.24, 2.45) is 5.84 Å². The lowest BCUT2D eigenvalue weighted by molar-refractivity contribution is -0.0699. The van der Waals surface area contributed by atoms with Crippen molar-refractivity contribution >= 4 is 5.91 Å². The molecule has 1 aromatic rings. The predicted molar refractivity (Wildman–Crippen MR) is 80.0 cm³/mol. The number of carbonyl (C=O) groups excluding carboxylic acids is 1. The third kappa shape index (κ3) is 4.70. The molecule has 1 fully saturated rings. The van der Waals surface area contributed by atoms with E-state index in [1.807, 2.05) is 6.07 Å². The largest absolute Gasteiger partial charge is 0.492 e. The molecule has 1 saturated heterocycles. The number of benzene rings is 1. The third-order valence-corrected chi connectivity index (χ3v) is 3.40. The van der Waals surface area contributed by atoms with Crippen LogP contribution < -0.4 is 16.0 Å². The smallest absolute Gasteiger partial charge is 0.265 e. The van der Waals surface area contributed by atoms with Crippen molar-refractivity contribution in [2.75, 3.05) is 26.2 Å². The van der Waals surface area contributed by atoms with Crippen molar-refractivity contribution in [1.29, 1.82) is 0 Å². The average Bonchev–Trinajstić information content (AvgIpc) is 2.46. The van der Waals surface area contributed by atoms with Crippen molar-refractivity contribution < 1.29 is 14.3 Å². The molecule has 1 heterocycles. The van der Waals surface area contributed by atoms with Gasteiger partial charge in [-0.15, -0.1) is 0 Å². The Hall–Kier alpha value is -1.63. The summed E-state index contributed by atoms with van der Waals surface area (Å²) in [5.74, 6) is 5.47. The highest BCUT2D eigenvalue weighted by atomic mass is 16.5. The van der Waals surface area contributed by atoms with E-state index in [2.05, 4.69) is 24.2 Å². The summed E-state index contributed by atoms with van der Waals surface area (Å²) in [6, 6.07) is 6.99. The molecule has 0 spiro atoms. The number of hydrogen-bond donors (Lipinski definition) is 2. The number of carbonyl (C=O) groups is 1. The Morgan fingerprint density at radius 2 is 2.14 bits per heavy atom. The van der Waals surface area contributed by atoms with Crippen LogP contribution in [0.3, 0.4) is 0 Å². The number of nitrogens with two attached hydrogens (primary N) is 1. The van der Waals surface area contributed by atoms with E-state index in [4.69, 9.17) is 15.3 Å². The highest BCUT2D eigenvalue weighted by molar-refractivity contribution is 5.94. The minimum atomic E-state index is -0.323. The van der Waals surface area contributed by atoms with Gasteiger partial charge in [0, 0.05) is 25.2 Å². The van der Waals surface area contributed by atoms with Crippen molar-refractivity contribution in [3.05, 3.63) is 29.8 Å². The number of nitrogens with zero attached hydrogens (tertiary/aromatic N) is 1. The maximum atomic E-state index is 11.4. The van der Waals surface area contributed by atoms with Gasteiger partial charge in [0.25, 0.3) is 5.91 Å². The normalized spacial score (nSPS) is 22.8. The van der Waals surface area contributed by atoms with E-state index in [1.54, 1.807) is 18.2 Å². The van der Waals surface area contributed by atoms with E-state index in [1.165, 1.54) is 0 Å². The van der Waals surface area contributed by atoms with Gasteiger partial charge in [0.15, 0.2) is 0 Å². The molecule has 0 bridgehead atoms. The molecule has 0 aliphatic carbocycles. The third-order valence-electron chi connectivity index (χ3n) is 3.40. The van der Waals surface area contributed by atoms with E-state index in [9.17, 15) is 4.79 Å². The average molecular weight is 293 g/mol. The zero-order valence-corrected chi connectivity index (χ0v) is 12.5. The van der Waals surface area contributed by atoms with Crippen LogP contribution in [0.5, 0.6) is 5.75 Å². The second-order valence-electron chi connectivity index (χ2n) is 5.37. The van der Waals surface area contributed by atoms with Gasteiger partial charge >= 0.3 is 0 Å². The molecule has 0 unspecified atom stereocenters. The fourth-order valence-electron chi connectivity index (χ4n) is 2.57. The molecule has 3 N–H and O–H groups in total. The Kier molecular flexibility index (Phi) is 5.55. The van der Waals surface area contributed by atoms with Crippen LogP contribution >= 0.6 is 0 Å². The standard InChI is InChI=1S/C15H23N3O3/c1-11-9-18(10-12(2)21-11)6-7-20-14-5-3-4-13(8-14)15(19)17-16/h3-5,8,11-12H,6-7,9-10,16H2,1-2H3,(H,17,19)/t11-,12+. The molecule has 0 radical (unpaired) electrons. The Morgan fingerprint density at radius 1 is 1.43 bits per heavy atom. The van der Waals surface area contributed by atoms with Crippen LogP contribution in [-0.4, -0.2) is 49.3 Å². The maximum absolute atomic E-state index is 11.4. The van der Waals surface area contributed by atoms with Gasteiger partial charge in [0.2, 0.25) is 0 Å². The van der Waals surface area contributed by atoms with Crippen molar-refractivity contribution in [1.82, 2.24) is 10.3 Å². The van der Waals surface area contributed by atoms with Gasteiger partial charge in [-0.05, 0) is 32.0 Å². The van der Waals surface area contributed by atoms with Crippen molar-refractivity contribution in [2.45, 2.75) is 26.1 Å². The monoisotopic (exact) mass is 293 g/mol. The van der Waals surface area contributed by atoms with Gasteiger partial charge in [-0.3, -0.25) is 15.1 Å². The molecular formula is C15H23N3O3. The number of hydrazine groups is 1. The lowest BCUT2D eigenvalue weighted by atomic mass is 10.2. The van der Waals surface area contributed by atoms with Gasteiger partial charge in [0.1, 0.15) is 12.4 Å². The second-order valence-corrected chi connectivity index (χ2v) is 5.37. The number of nitrogen functional groups attached to an aromatic ring is 1. The first kappa shape index (κ1) is 15.8.